The Hall–Kier alpha value is -0.810. The van der Waals surface area contributed by atoms with Crippen molar-refractivity contribution in [2.45, 2.75) is 51.3 Å². The van der Waals surface area contributed by atoms with Crippen LogP contribution >= 0.6 is 0 Å². The molecule has 2 rings (SSSR count). The third-order valence-electron chi connectivity index (χ3n) is 4.20. The fourth-order valence-corrected chi connectivity index (χ4v) is 3.59. The maximum atomic E-state index is 12.3. The van der Waals surface area contributed by atoms with E-state index in [9.17, 15) is 9.90 Å². The molecule has 0 aromatic heterocycles. The largest absolute Gasteiger partial charge is 0.444 e. The van der Waals surface area contributed by atoms with Crippen LogP contribution in [0.4, 0.5) is 4.79 Å². The second-order valence-electron chi connectivity index (χ2n) is 6.57. The number of carbonyl (C=O) groups excluding carboxylic acids is 1. The Morgan fingerprint density at radius 1 is 1.37 bits per heavy atom. The van der Waals surface area contributed by atoms with Crippen LogP contribution in [-0.4, -0.2) is 54.1 Å². The van der Waals surface area contributed by atoms with Gasteiger partial charge in [-0.25, -0.2) is 4.79 Å². The number of piperidine rings is 1. The Labute approximate surface area is 114 Å². The summed E-state index contributed by atoms with van der Waals surface area (Å²) in [5, 5.41) is 9.60. The minimum Gasteiger partial charge on any atom is -0.444 e. The average molecular weight is 271 g/mol. The molecule has 4 atom stereocenters. The first kappa shape index (κ1) is 14.6. The molecular weight excluding hydrogens is 246 g/mol. The van der Waals surface area contributed by atoms with Gasteiger partial charge in [0.2, 0.25) is 0 Å². The highest BCUT2D eigenvalue weighted by molar-refractivity contribution is 5.70. The predicted octanol–water partition coefficient (Wildman–Crippen LogP) is 1.64. The summed E-state index contributed by atoms with van der Waals surface area (Å²) in [7, 11) is 1.68. The molecule has 2 bridgehead atoms. The van der Waals surface area contributed by atoms with E-state index < -0.39 is 5.60 Å². The number of methoxy groups -OCH3 is 1. The molecule has 0 radical (unpaired) electrons. The van der Waals surface area contributed by atoms with E-state index in [1.807, 2.05) is 20.8 Å². The lowest BCUT2D eigenvalue weighted by atomic mass is 9.93. The molecular formula is C14H25NO4. The summed E-state index contributed by atoms with van der Waals surface area (Å²) in [5.74, 6) is 0.664. The Morgan fingerprint density at radius 2 is 2.05 bits per heavy atom. The quantitative estimate of drug-likeness (QED) is 0.847. The first-order valence-electron chi connectivity index (χ1n) is 7.00. The summed E-state index contributed by atoms with van der Waals surface area (Å²) in [6.07, 6.45) is 1.73. The zero-order valence-electron chi connectivity index (χ0n) is 12.3. The monoisotopic (exact) mass is 271 g/mol. The number of rotatable bonds is 3. The number of likely N-dealkylation sites (tertiary alicyclic amines) is 1. The maximum Gasteiger partial charge on any atom is 0.410 e. The summed E-state index contributed by atoms with van der Waals surface area (Å²) in [6, 6.07) is 0.0331. The highest BCUT2D eigenvalue weighted by Gasteiger charge is 2.55. The van der Waals surface area contributed by atoms with Gasteiger partial charge in [0.05, 0.1) is 19.3 Å². The van der Waals surface area contributed by atoms with Crippen LogP contribution in [-0.2, 0) is 9.47 Å². The van der Waals surface area contributed by atoms with Gasteiger partial charge in [0, 0.05) is 19.1 Å². The minimum atomic E-state index is -0.504. The molecule has 0 aromatic rings. The SMILES string of the molecule is COCC1C2CCC1N(C(=O)OC(C)(C)C)C2CO. The van der Waals surface area contributed by atoms with E-state index in [1.54, 1.807) is 12.0 Å². The molecule has 2 aliphatic rings. The molecule has 0 aromatic carbocycles. The molecule has 1 heterocycles. The summed E-state index contributed by atoms with van der Waals surface area (Å²) in [6.45, 7) is 6.23. The second kappa shape index (κ2) is 5.29. The van der Waals surface area contributed by atoms with Gasteiger partial charge >= 0.3 is 6.09 Å². The highest BCUT2D eigenvalue weighted by atomic mass is 16.6. The number of aliphatic hydroxyl groups excluding tert-OH is 1. The van der Waals surface area contributed by atoms with E-state index in [4.69, 9.17) is 9.47 Å². The van der Waals surface area contributed by atoms with Gasteiger partial charge in [-0.3, -0.25) is 4.90 Å². The van der Waals surface area contributed by atoms with Crippen molar-refractivity contribution in [2.75, 3.05) is 20.3 Å². The van der Waals surface area contributed by atoms with Gasteiger partial charge in [0.1, 0.15) is 5.60 Å². The Balaban J connectivity index is 2.13. The Bertz CT molecular complexity index is 339. The predicted molar refractivity (Wildman–Crippen MR) is 70.8 cm³/mol. The van der Waals surface area contributed by atoms with Crippen LogP contribution in [0.1, 0.15) is 33.6 Å². The van der Waals surface area contributed by atoms with Crippen LogP contribution in [0.25, 0.3) is 0 Å². The molecule has 1 N–H and O–H groups in total. The fourth-order valence-electron chi connectivity index (χ4n) is 3.59. The second-order valence-corrected chi connectivity index (χ2v) is 6.57. The lowest BCUT2D eigenvalue weighted by molar-refractivity contribution is -0.00119. The van der Waals surface area contributed by atoms with Crippen LogP contribution in [0.15, 0.2) is 0 Å². The van der Waals surface area contributed by atoms with Gasteiger partial charge in [-0.15, -0.1) is 0 Å². The molecule has 5 nitrogen and oxygen atoms in total. The smallest absolute Gasteiger partial charge is 0.410 e. The average Bonchev–Trinajstić information content (AvgIpc) is 2.82. The molecule has 110 valence electrons. The van der Waals surface area contributed by atoms with Crippen LogP contribution in [0.5, 0.6) is 0 Å². The van der Waals surface area contributed by atoms with Crippen molar-refractivity contribution in [3.05, 3.63) is 0 Å². The molecule has 5 heteroatoms. The van der Waals surface area contributed by atoms with Crippen molar-refractivity contribution < 1.29 is 19.4 Å². The van der Waals surface area contributed by atoms with Crippen molar-refractivity contribution in [2.24, 2.45) is 11.8 Å². The molecule has 1 saturated heterocycles. The highest BCUT2D eigenvalue weighted by Crippen LogP contribution is 2.47. The number of fused-ring (bicyclic) bond motifs is 2. The first-order valence-corrected chi connectivity index (χ1v) is 7.00. The van der Waals surface area contributed by atoms with E-state index in [0.29, 0.717) is 18.4 Å². The number of carbonyl (C=O) groups is 1. The summed E-state index contributed by atoms with van der Waals surface area (Å²) in [4.78, 5) is 14.1. The van der Waals surface area contributed by atoms with Crippen molar-refractivity contribution in [1.29, 1.82) is 0 Å². The normalized spacial score (nSPS) is 33.8. The lowest BCUT2D eigenvalue weighted by Gasteiger charge is -2.35. The van der Waals surface area contributed by atoms with E-state index in [1.165, 1.54) is 0 Å². The van der Waals surface area contributed by atoms with Crippen LogP contribution in [0.3, 0.4) is 0 Å². The molecule has 1 amide bonds. The van der Waals surface area contributed by atoms with E-state index >= 15 is 0 Å². The number of hydrogen-bond donors (Lipinski definition) is 1. The fraction of sp³-hybridized carbons (Fsp3) is 0.929. The third kappa shape index (κ3) is 2.72. The summed E-state index contributed by atoms with van der Waals surface area (Å²) < 4.78 is 10.7. The molecule has 19 heavy (non-hydrogen) atoms. The third-order valence-corrected chi connectivity index (χ3v) is 4.20. The molecule has 0 spiro atoms. The van der Waals surface area contributed by atoms with Crippen LogP contribution in [0, 0.1) is 11.8 Å². The van der Waals surface area contributed by atoms with Crippen molar-refractivity contribution >= 4 is 6.09 Å². The molecule has 1 aliphatic carbocycles. The number of nitrogens with zero attached hydrogens (tertiary/aromatic N) is 1. The molecule has 1 aliphatic heterocycles. The lowest BCUT2D eigenvalue weighted by Crippen LogP contribution is -2.49. The summed E-state index contributed by atoms with van der Waals surface area (Å²) in [5.41, 5.74) is -0.504. The van der Waals surface area contributed by atoms with E-state index in [0.717, 1.165) is 12.8 Å². The Kier molecular flexibility index (Phi) is 4.06. The van der Waals surface area contributed by atoms with Gasteiger partial charge in [0.15, 0.2) is 0 Å². The first-order chi connectivity index (χ1) is 8.89. The molecule has 2 fully saturated rings. The van der Waals surface area contributed by atoms with Gasteiger partial charge in [-0.2, -0.15) is 0 Å². The van der Waals surface area contributed by atoms with Crippen molar-refractivity contribution in [1.82, 2.24) is 4.90 Å². The summed E-state index contributed by atoms with van der Waals surface area (Å²) >= 11 is 0. The van der Waals surface area contributed by atoms with Gasteiger partial charge in [-0.1, -0.05) is 0 Å². The Morgan fingerprint density at radius 3 is 2.58 bits per heavy atom. The zero-order chi connectivity index (χ0) is 14.2. The van der Waals surface area contributed by atoms with Gasteiger partial charge < -0.3 is 14.6 Å². The van der Waals surface area contributed by atoms with Crippen molar-refractivity contribution in [3.63, 3.8) is 0 Å². The number of aliphatic hydroxyl groups is 1. The van der Waals surface area contributed by atoms with Crippen molar-refractivity contribution in [3.8, 4) is 0 Å². The minimum absolute atomic E-state index is 0.000619. The van der Waals surface area contributed by atoms with E-state index in [-0.39, 0.29) is 24.8 Å². The number of ether oxygens (including phenoxy) is 2. The number of amides is 1. The van der Waals surface area contributed by atoms with Gasteiger partial charge in [0.25, 0.3) is 0 Å². The van der Waals surface area contributed by atoms with E-state index in [2.05, 4.69) is 0 Å². The topological polar surface area (TPSA) is 59.0 Å². The standard InChI is InChI=1S/C14H25NO4/c1-14(2,3)19-13(17)15-11-6-5-9(12(15)7-16)10(11)8-18-4/h9-12,16H,5-8H2,1-4H3. The van der Waals surface area contributed by atoms with Crippen LogP contribution < -0.4 is 0 Å². The molecule has 4 unspecified atom stereocenters. The maximum absolute atomic E-state index is 12.3. The van der Waals surface area contributed by atoms with Gasteiger partial charge in [-0.05, 0) is 39.5 Å². The zero-order valence-corrected chi connectivity index (χ0v) is 12.3. The van der Waals surface area contributed by atoms with Crippen LogP contribution in [0.2, 0.25) is 0 Å². The molecule has 1 saturated carbocycles. The number of hydrogen-bond acceptors (Lipinski definition) is 4.